The summed E-state index contributed by atoms with van der Waals surface area (Å²) in [6.07, 6.45) is 0. The number of hydrogen-bond donors (Lipinski definition) is 0. The summed E-state index contributed by atoms with van der Waals surface area (Å²) >= 11 is 0. The van der Waals surface area contributed by atoms with Crippen LogP contribution in [0.1, 0.15) is 0 Å². The minimum Gasteiger partial charge on any atom is -0.228 e. The molecule has 0 amide bonds. The molecular formula is C47H29N5. The van der Waals surface area contributed by atoms with Gasteiger partial charge in [-0.05, 0) is 61.3 Å². The van der Waals surface area contributed by atoms with E-state index >= 15 is 0 Å². The maximum Gasteiger partial charge on any atom is 0.182 e. The van der Waals surface area contributed by atoms with E-state index in [1.165, 1.54) is 10.8 Å². The normalized spacial score (nSPS) is 11.5. The van der Waals surface area contributed by atoms with Crippen molar-refractivity contribution in [1.82, 2.24) is 24.9 Å². The summed E-state index contributed by atoms with van der Waals surface area (Å²) in [6.45, 7) is 0. The lowest BCUT2D eigenvalue weighted by Gasteiger charge is -2.14. The SMILES string of the molecule is c1ccc(-c2cc(-c3nc(-c4cc5ccccc5c5ccccc45)nc(-c4cc5ccccc5c5ccccc45)n3)nc(-c3ccccc3)n2)cc1. The molecule has 52 heavy (non-hydrogen) atoms. The van der Waals surface area contributed by atoms with Crippen LogP contribution in [0, 0.1) is 0 Å². The van der Waals surface area contributed by atoms with Crippen molar-refractivity contribution in [2.75, 3.05) is 0 Å². The van der Waals surface area contributed by atoms with Crippen molar-refractivity contribution in [2.45, 2.75) is 0 Å². The van der Waals surface area contributed by atoms with Gasteiger partial charge in [-0.1, -0.05) is 158 Å². The first kappa shape index (κ1) is 29.8. The first-order valence-corrected chi connectivity index (χ1v) is 17.3. The fraction of sp³-hybridized carbons (Fsp3) is 0. The average molecular weight is 664 g/mol. The second-order valence-electron chi connectivity index (χ2n) is 12.9. The first-order valence-electron chi connectivity index (χ1n) is 17.3. The summed E-state index contributed by atoms with van der Waals surface area (Å²) in [5.74, 6) is 2.25. The lowest BCUT2D eigenvalue weighted by molar-refractivity contribution is 1.05. The molecule has 2 aromatic heterocycles. The summed E-state index contributed by atoms with van der Waals surface area (Å²) in [5.41, 5.74) is 5.18. The van der Waals surface area contributed by atoms with E-state index in [-0.39, 0.29) is 0 Å². The third kappa shape index (κ3) is 5.15. The van der Waals surface area contributed by atoms with E-state index in [4.69, 9.17) is 24.9 Å². The van der Waals surface area contributed by atoms with E-state index < -0.39 is 0 Å². The number of aromatic nitrogens is 5. The molecule has 10 rings (SSSR count). The van der Waals surface area contributed by atoms with Gasteiger partial charge >= 0.3 is 0 Å². The van der Waals surface area contributed by atoms with Gasteiger partial charge in [-0.2, -0.15) is 0 Å². The fourth-order valence-corrected chi connectivity index (χ4v) is 7.24. The van der Waals surface area contributed by atoms with Crippen LogP contribution in [0.3, 0.4) is 0 Å². The standard InChI is InChI=1S/C47H29N5/c1-3-15-30(16-4-1)42-29-43(49-44(48-42)31-17-5-2-6-18-31)47-51-45(40-27-32-19-7-9-21-34(32)36-23-11-13-25-38(36)40)50-46(52-47)41-28-33-20-8-10-22-35(33)37-24-12-14-26-39(37)41/h1-29H. The Morgan fingerprint density at radius 1 is 0.250 bits per heavy atom. The molecule has 0 aliphatic heterocycles. The molecule has 0 unspecified atom stereocenters. The van der Waals surface area contributed by atoms with E-state index in [9.17, 15) is 0 Å². The number of fused-ring (bicyclic) bond motifs is 6. The molecule has 5 heteroatoms. The minimum atomic E-state index is 0.478. The second-order valence-corrected chi connectivity index (χ2v) is 12.9. The van der Waals surface area contributed by atoms with Gasteiger partial charge in [0.15, 0.2) is 23.3 Å². The van der Waals surface area contributed by atoms with Crippen LogP contribution in [0.5, 0.6) is 0 Å². The van der Waals surface area contributed by atoms with Crippen molar-refractivity contribution in [2.24, 2.45) is 0 Å². The summed E-state index contributed by atoms with van der Waals surface area (Å²) in [6, 6.07) is 60.5. The molecule has 8 aromatic carbocycles. The fourth-order valence-electron chi connectivity index (χ4n) is 7.24. The Balaban J connectivity index is 1.30. The third-order valence-corrected chi connectivity index (χ3v) is 9.71. The van der Waals surface area contributed by atoms with E-state index in [0.29, 0.717) is 29.0 Å². The Morgan fingerprint density at radius 3 is 1.19 bits per heavy atom. The molecule has 0 saturated heterocycles. The van der Waals surface area contributed by atoms with Crippen LogP contribution in [-0.2, 0) is 0 Å². The van der Waals surface area contributed by atoms with Crippen molar-refractivity contribution in [3.63, 3.8) is 0 Å². The summed E-state index contributed by atoms with van der Waals surface area (Å²) in [5, 5.41) is 9.06. The lowest BCUT2D eigenvalue weighted by Crippen LogP contribution is -2.04. The maximum atomic E-state index is 5.31. The Morgan fingerprint density at radius 2 is 0.654 bits per heavy atom. The highest BCUT2D eigenvalue weighted by molar-refractivity contribution is 6.14. The topological polar surface area (TPSA) is 64.5 Å². The van der Waals surface area contributed by atoms with Crippen LogP contribution in [-0.4, -0.2) is 24.9 Å². The summed E-state index contributed by atoms with van der Waals surface area (Å²) in [7, 11) is 0. The van der Waals surface area contributed by atoms with Crippen molar-refractivity contribution in [3.8, 4) is 56.9 Å². The molecule has 242 valence electrons. The number of hydrogen-bond acceptors (Lipinski definition) is 5. The quantitative estimate of drug-likeness (QED) is 0.171. The molecule has 0 radical (unpaired) electrons. The van der Waals surface area contributed by atoms with Crippen molar-refractivity contribution < 1.29 is 0 Å². The van der Waals surface area contributed by atoms with Gasteiger partial charge in [-0.25, -0.2) is 24.9 Å². The highest BCUT2D eigenvalue weighted by Crippen LogP contribution is 2.38. The minimum absolute atomic E-state index is 0.478. The second kappa shape index (κ2) is 12.3. The third-order valence-electron chi connectivity index (χ3n) is 9.71. The summed E-state index contributed by atoms with van der Waals surface area (Å²) < 4.78 is 0. The zero-order valence-corrected chi connectivity index (χ0v) is 28.0. The van der Waals surface area contributed by atoms with Gasteiger partial charge in [0.1, 0.15) is 5.69 Å². The Hall–Kier alpha value is -7.11. The largest absolute Gasteiger partial charge is 0.228 e. The number of rotatable bonds is 5. The van der Waals surface area contributed by atoms with Crippen LogP contribution >= 0.6 is 0 Å². The molecule has 0 saturated carbocycles. The van der Waals surface area contributed by atoms with Crippen LogP contribution < -0.4 is 0 Å². The molecule has 0 aliphatic carbocycles. The van der Waals surface area contributed by atoms with Gasteiger partial charge < -0.3 is 0 Å². The Labute approximate surface area is 300 Å². The lowest BCUT2D eigenvalue weighted by atomic mass is 9.96. The molecule has 0 aliphatic rings. The van der Waals surface area contributed by atoms with E-state index in [1.54, 1.807) is 0 Å². The van der Waals surface area contributed by atoms with Gasteiger partial charge in [0.05, 0.1) is 5.69 Å². The van der Waals surface area contributed by atoms with E-state index in [1.807, 2.05) is 54.6 Å². The number of nitrogens with zero attached hydrogens (tertiary/aromatic N) is 5. The van der Waals surface area contributed by atoms with Gasteiger partial charge in [0, 0.05) is 22.3 Å². The molecule has 5 nitrogen and oxygen atoms in total. The zero-order chi connectivity index (χ0) is 34.4. The smallest absolute Gasteiger partial charge is 0.182 e. The summed E-state index contributed by atoms with van der Waals surface area (Å²) in [4.78, 5) is 26.0. The van der Waals surface area contributed by atoms with Crippen molar-refractivity contribution >= 4 is 43.1 Å². The molecule has 0 fully saturated rings. The monoisotopic (exact) mass is 663 g/mol. The average Bonchev–Trinajstić information content (AvgIpc) is 3.23. The highest BCUT2D eigenvalue weighted by Gasteiger charge is 2.20. The molecule has 0 N–H and O–H groups in total. The van der Waals surface area contributed by atoms with Crippen LogP contribution in [0.25, 0.3) is 100 Å². The Bertz CT molecular complexity index is 2760. The van der Waals surface area contributed by atoms with Gasteiger partial charge in [0.25, 0.3) is 0 Å². The molecule has 0 spiro atoms. The molecule has 0 atom stereocenters. The predicted molar refractivity (Wildman–Crippen MR) is 213 cm³/mol. The molecule has 10 aromatic rings. The van der Waals surface area contributed by atoms with Crippen molar-refractivity contribution in [3.05, 3.63) is 176 Å². The first-order chi connectivity index (χ1) is 25.8. The zero-order valence-electron chi connectivity index (χ0n) is 28.0. The van der Waals surface area contributed by atoms with Crippen LogP contribution in [0.15, 0.2) is 176 Å². The molecule has 2 heterocycles. The Kier molecular flexibility index (Phi) is 7.07. The molecular weight excluding hydrogens is 635 g/mol. The van der Waals surface area contributed by atoms with Crippen LogP contribution in [0.2, 0.25) is 0 Å². The van der Waals surface area contributed by atoms with Gasteiger partial charge in [0.2, 0.25) is 0 Å². The van der Waals surface area contributed by atoms with Crippen LogP contribution in [0.4, 0.5) is 0 Å². The van der Waals surface area contributed by atoms with E-state index in [0.717, 1.165) is 60.3 Å². The molecule has 0 bridgehead atoms. The number of benzene rings is 8. The van der Waals surface area contributed by atoms with E-state index in [2.05, 4.69) is 121 Å². The maximum absolute atomic E-state index is 5.31. The predicted octanol–water partition coefficient (Wildman–Crippen LogP) is 11.6. The van der Waals surface area contributed by atoms with Gasteiger partial charge in [-0.3, -0.25) is 0 Å². The van der Waals surface area contributed by atoms with Crippen molar-refractivity contribution in [1.29, 1.82) is 0 Å². The van der Waals surface area contributed by atoms with Gasteiger partial charge in [-0.15, -0.1) is 0 Å². The highest BCUT2D eigenvalue weighted by atomic mass is 15.1.